The predicted molar refractivity (Wildman–Crippen MR) is 618 cm³/mol. The van der Waals surface area contributed by atoms with Crippen molar-refractivity contribution in [1.29, 1.82) is 0 Å². The first-order valence-electron chi connectivity index (χ1n) is 51.4. The summed E-state index contributed by atoms with van der Waals surface area (Å²) < 4.78 is 8.15. The molecule has 7 aliphatic heterocycles. The van der Waals surface area contributed by atoms with Gasteiger partial charge in [-0.25, -0.2) is 0 Å². The molecule has 0 saturated heterocycles. The summed E-state index contributed by atoms with van der Waals surface area (Å²) >= 11 is 0. The Labute approximate surface area is 853 Å². The van der Waals surface area contributed by atoms with Gasteiger partial charge in [0.05, 0.1) is 11.4 Å². The Morgan fingerprint density at radius 2 is 0.379 bits per heavy atom. The molecule has 692 valence electrons. The molecule has 20 aromatic rings. The summed E-state index contributed by atoms with van der Waals surface area (Å²) in [4.78, 5) is 13.6. The van der Waals surface area contributed by atoms with E-state index in [4.69, 9.17) is 4.74 Å². The zero-order chi connectivity index (χ0) is 98.0. The van der Waals surface area contributed by atoms with Crippen LogP contribution >= 0.6 is 0 Å². The van der Waals surface area contributed by atoms with Gasteiger partial charge in [-0.05, 0) is 315 Å². The van der Waals surface area contributed by atoms with E-state index < -0.39 is 6.71 Å². The van der Waals surface area contributed by atoms with E-state index in [9.17, 15) is 0 Å². The zero-order valence-corrected chi connectivity index (χ0v) is 83.9. The topological polar surface area (TPSA) is 25.4 Å². The Balaban J connectivity index is 0.839. The molecule has 0 amide bonds. The van der Waals surface area contributed by atoms with Gasteiger partial charge in [-0.3, -0.25) is 0 Å². The molecule has 0 radical (unpaired) electrons. The second kappa shape index (κ2) is 33.0. The van der Waals surface area contributed by atoms with Gasteiger partial charge in [0.2, 0.25) is 0 Å². The molecular weight excluding hydrogens is 1750 g/mol. The Kier molecular flexibility index (Phi) is 19.9. The summed E-state index contributed by atoms with van der Waals surface area (Å²) in [5.41, 5.74) is 51.7. The van der Waals surface area contributed by atoms with Gasteiger partial charge >= 0.3 is 0 Å². The lowest BCUT2D eigenvalue weighted by atomic mass is 9.27. The van der Waals surface area contributed by atoms with Crippen molar-refractivity contribution in [2.24, 2.45) is 0 Å². The molecule has 0 unspecified atom stereocenters. The Bertz CT molecular complexity index is 8460. The Hall–Kier alpha value is -16.6. The van der Waals surface area contributed by atoms with Gasteiger partial charge in [-0.2, -0.15) is 0 Å². The maximum atomic E-state index is 8.15. The third-order valence-corrected chi connectivity index (χ3v) is 31.6. The molecule has 7 heterocycles. The fraction of sp³-hybridized carbons (Fsp3) is 0.118. The standard InChI is InChI=1S/C136H108B3N5O/c1-133(2,3)103-58-60-117-111(76-103)137-113-82-114-120(83-119(113)142(109-70-98(89-48-30-17-31-49-89)64-99(71-109)90-50-32-18-33-51-90)122-75-102(93-56-38-21-39-57-93)74-121(127(122)137)140(117)107-66-94(85-40-22-13-23-41-85)62-95(67-107)86-42-24-14-25-43-86)143(110-72-100(91-52-34-19-35-53-91)65-101(73-110)92-54-36-20-37-55-92)124-84-123-128-132-129(124)139(114)116-79-106(136(10,11)12)81-126-131(116)144(132)130-115(78-105(135(7,8)9)80-125(130)145-126)138(128)112-77-104(134(4,5)6)59-61-118(112)141(123)108-68-96(87-44-26-15-27-45-87)63-97(69-108)88-46-28-16-29-47-88/h13-84H,1-12H3. The third kappa shape index (κ3) is 14.4. The van der Waals surface area contributed by atoms with Crippen molar-refractivity contribution in [1.82, 2.24) is 0 Å². The number of fused-ring (bicyclic) bond motifs is 10. The first-order valence-corrected chi connectivity index (χ1v) is 51.4. The minimum absolute atomic E-state index is 0.227. The van der Waals surface area contributed by atoms with E-state index in [-0.39, 0.29) is 35.1 Å². The summed E-state index contributed by atoms with van der Waals surface area (Å²) in [6, 6.07) is 168. The van der Waals surface area contributed by atoms with E-state index in [2.05, 4.69) is 544 Å². The Morgan fingerprint density at radius 1 is 0.159 bits per heavy atom. The molecular formula is C136H108B3N5O. The number of ether oxygens (including phenoxy) is 1. The molecule has 0 fully saturated rings. The van der Waals surface area contributed by atoms with E-state index in [0.29, 0.717) is 0 Å². The lowest BCUT2D eigenvalue weighted by Crippen LogP contribution is -2.70. The number of rotatable bonds is 13. The van der Waals surface area contributed by atoms with Crippen LogP contribution in [0.15, 0.2) is 437 Å². The molecule has 0 spiro atoms. The van der Waals surface area contributed by atoms with Crippen LogP contribution in [0.4, 0.5) is 85.3 Å². The van der Waals surface area contributed by atoms with Crippen molar-refractivity contribution in [2.45, 2.75) is 105 Å². The zero-order valence-electron chi connectivity index (χ0n) is 83.9. The number of anilines is 15. The van der Waals surface area contributed by atoms with Gasteiger partial charge in [0, 0.05) is 73.9 Å². The second-order valence-corrected chi connectivity index (χ2v) is 44.8. The van der Waals surface area contributed by atoms with Crippen LogP contribution in [0.1, 0.15) is 105 Å². The van der Waals surface area contributed by atoms with Crippen molar-refractivity contribution < 1.29 is 4.74 Å². The maximum Gasteiger partial charge on any atom is 0.252 e. The largest absolute Gasteiger partial charge is 0.453 e. The van der Waals surface area contributed by atoms with Gasteiger partial charge in [0.15, 0.2) is 11.5 Å². The van der Waals surface area contributed by atoms with Crippen LogP contribution in [0.25, 0.3) is 100 Å². The van der Waals surface area contributed by atoms with Crippen LogP contribution in [0.3, 0.4) is 0 Å². The van der Waals surface area contributed by atoms with Crippen molar-refractivity contribution in [2.75, 3.05) is 24.5 Å². The molecule has 20 aromatic carbocycles. The highest BCUT2D eigenvalue weighted by molar-refractivity contribution is 7.06. The fourth-order valence-electron chi connectivity index (χ4n) is 24.4. The van der Waals surface area contributed by atoms with Crippen molar-refractivity contribution >= 4 is 155 Å². The van der Waals surface area contributed by atoms with Crippen LogP contribution in [-0.2, 0) is 21.7 Å². The molecule has 7 aliphatic rings. The minimum atomic E-state index is -0.424. The van der Waals surface area contributed by atoms with Gasteiger partial charge < -0.3 is 29.2 Å². The van der Waals surface area contributed by atoms with Gasteiger partial charge in [0.25, 0.3) is 20.1 Å². The van der Waals surface area contributed by atoms with E-state index in [1.807, 2.05) is 0 Å². The smallest absolute Gasteiger partial charge is 0.252 e. The van der Waals surface area contributed by atoms with E-state index >= 15 is 0 Å². The molecule has 9 heteroatoms. The quantitative estimate of drug-likeness (QED) is 0.107. The lowest BCUT2D eigenvalue weighted by Gasteiger charge is -2.53. The molecule has 0 aromatic heterocycles. The normalized spacial score (nSPS) is 13.6. The minimum Gasteiger partial charge on any atom is -0.453 e. The molecule has 0 aliphatic carbocycles. The first kappa shape index (κ1) is 87.4. The van der Waals surface area contributed by atoms with Crippen molar-refractivity contribution in [3.63, 3.8) is 0 Å². The van der Waals surface area contributed by atoms with Crippen LogP contribution < -0.4 is 78.4 Å². The molecule has 0 saturated carbocycles. The highest BCUT2D eigenvalue weighted by atomic mass is 16.5. The van der Waals surface area contributed by atoms with Crippen LogP contribution in [0.5, 0.6) is 11.5 Å². The summed E-state index contributed by atoms with van der Waals surface area (Å²) in [5.74, 6) is 1.74. The van der Waals surface area contributed by atoms with E-state index in [0.717, 1.165) is 191 Å². The summed E-state index contributed by atoms with van der Waals surface area (Å²) in [6.45, 7) is 27.5. The molecule has 6 nitrogen and oxygen atoms in total. The third-order valence-electron chi connectivity index (χ3n) is 31.6. The SMILES string of the molecule is CC(C)(C)c1ccc2c(c1)B1c3cc4c(cc3N(c3cc(-c5ccccc5)cc(-c5ccccc5)c3)c3cc(-c5ccccc5)cc(c31)N2c1cc(-c2ccccc2)cc(-c2ccccc2)c1)N(c1cc(-c2ccccc2)cc(-c2ccccc2)c1)c1cc2c3c5c1B4c1cc(C(C)(C)C)cc4c1N5c1c(cc(C(C)(C)C)cc1B3c1cc(C(C)(C)C)ccc1N2c1cc(-c2ccccc2)cc(-c2ccccc2)c1)O4. The van der Waals surface area contributed by atoms with Gasteiger partial charge in [-0.1, -0.05) is 399 Å². The lowest BCUT2D eigenvalue weighted by molar-refractivity contribution is 0.470. The predicted octanol–water partition coefficient (Wildman–Crippen LogP) is 30.8. The molecule has 0 bridgehead atoms. The van der Waals surface area contributed by atoms with E-state index in [1.165, 1.54) is 77.1 Å². The van der Waals surface area contributed by atoms with Crippen LogP contribution in [0, 0.1) is 0 Å². The fourth-order valence-corrected chi connectivity index (χ4v) is 24.4. The molecule has 0 N–H and O–H groups in total. The van der Waals surface area contributed by atoms with Gasteiger partial charge in [0.1, 0.15) is 0 Å². The summed E-state index contributed by atoms with van der Waals surface area (Å²) in [7, 11) is 0. The van der Waals surface area contributed by atoms with Crippen LogP contribution in [-0.4, -0.2) is 20.1 Å². The summed E-state index contributed by atoms with van der Waals surface area (Å²) in [5, 5.41) is 0. The Morgan fingerprint density at radius 3 is 0.641 bits per heavy atom. The van der Waals surface area contributed by atoms with Crippen molar-refractivity contribution in [3.8, 4) is 112 Å². The number of nitrogens with zero attached hydrogens (tertiary/aromatic N) is 5. The number of hydrogen-bond acceptors (Lipinski definition) is 6. The average Bonchev–Trinajstić information content (AvgIpc) is 0.652. The summed E-state index contributed by atoms with van der Waals surface area (Å²) in [6.07, 6.45) is 0. The average molecular weight is 1860 g/mol. The second-order valence-electron chi connectivity index (χ2n) is 44.8. The van der Waals surface area contributed by atoms with Crippen LogP contribution in [0.2, 0.25) is 0 Å². The monoisotopic (exact) mass is 1860 g/mol. The van der Waals surface area contributed by atoms with E-state index in [1.54, 1.807) is 0 Å². The maximum absolute atomic E-state index is 8.15. The number of benzene rings is 20. The number of hydrogen-bond donors (Lipinski definition) is 0. The molecule has 145 heavy (non-hydrogen) atoms. The molecule has 0 atom stereocenters. The molecule has 27 rings (SSSR count). The highest BCUT2D eigenvalue weighted by Crippen LogP contribution is 2.60. The van der Waals surface area contributed by atoms with Crippen molar-refractivity contribution in [3.05, 3.63) is 459 Å². The highest BCUT2D eigenvalue weighted by Gasteiger charge is 2.57. The first-order chi connectivity index (χ1) is 70.4. The van der Waals surface area contributed by atoms with Gasteiger partial charge in [-0.15, -0.1) is 0 Å².